The van der Waals surface area contributed by atoms with Crippen LogP contribution in [0.3, 0.4) is 0 Å². The summed E-state index contributed by atoms with van der Waals surface area (Å²) in [6.45, 7) is 39.8. The van der Waals surface area contributed by atoms with Crippen molar-refractivity contribution in [1.82, 2.24) is 0 Å². The molecule has 0 aliphatic rings. The van der Waals surface area contributed by atoms with Crippen LogP contribution in [0.5, 0.6) is 0 Å². The van der Waals surface area contributed by atoms with Crippen molar-refractivity contribution in [2.45, 2.75) is 145 Å². The lowest BCUT2D eigenvalue weighted by Gasteiger charge is -2.09. The van der Waals surface area contributed by atoms with Crippen LogP contribution in [0.15, 0.2) is 286 Å². The standard InChI is InChI=1S/C11H11F3.C11H11N.C10H10Cl2.C10H10ClF.3C10H11Cl.C10H11F.2C10H11NO2/c1-8(2)7-9-5-3-4-6-10(9)11(12,13)14;1-9(2)7-10-3-5-11(8-12)6-4-10;1-7(2)5-8-3-4-9(11)10(12)6-8;1-7(2)6-8-9(11)4-3-5-10(8)12;1-8(2)7-9-3-5-10(11)6-4-9;1-8(2)6-9-4-3-5-10(11)7-9;2*1-8(2)7-9-5-3-4-6-10(9)11;1-8(2)7-9-3-5-10(6-4-9)11(12)13;1-8(2)6-9-4-3-5-10(7-9)11(12)13/h3-7H,1-2H3;3-7H,1-2H3;2*3-6H,1-2H3;4*3-7H,1-2H3;2*3-7H,1-2H3. The van der Waals surface area contributed by atoms with Crippen molar-refractivity contribution >= 4 is 142 Å². The predicted octanol–water partition coefficient (Wildman–Crippen LogP) is 36.0. The van der Waals surface area contributed by atoms with Crippen molar-refractivity contribution in [2.24, 2.45) is 0 Å². The van der Waals surface area contributed by atoms with Crippen molar-refractivity contribution < 1.29 is 31.8 Å². The minimum Gasteiger partial charge on any atom is -0.258 e. The summed E-state index contributed by atoms with van der Waals surface area (Å²) in [6, 6.07) is 68.8. The molecular formula is C102H108Cl6F5N3O4. The SMILES string of the molecule is CC(C)=Cc1c(F)cccc1Cl.CC(C)=Cc1ccc(C#N)cc1.CC(C)=Cc1ccc(Cl)c(Cl)c1.CC(C)=Cc1ccc(Cl)cc1.CC(C)=Cc1ccc([N+](=O)[O-])cc1.CC(C)=Cc1cccc(Cl)c1.CC(C)=Cc1cccc([N+](=O)[O-])c1.CC(C)=Cc1ccccc1C(F)(F)F.CC(C)=Cc1ccccc1Cl.CC(C)=Cc1ccccc1F. The van der Waals surface area contributed by atoms with Gasteiger partial charge in [-0.15, -0.1) is 0 Å². The molecular weight excluding hydrogens is 1640 g/mol. The number of nitriles is 1. The van der Waals surface area contributed by atoms with Gasteiger partial charge in [-0.3, -0.25) is 20.2 Å². The Morgan fingerprint density at radius 3 is 1.07 bits per heavy atom. The van der Waals surface area contributed by atoms with E-state index in [1.165, 1.54) is 87.5 Å². The highest BCUT2D eigenvalue weighted by Gasteiger charge is 2.32. The molecule has 0 heterocycles. The number of rotatable bonds is 12. The molecule has 0 aliphatic carbocycles. The lowest BCUT2D eigenvalue weighted by Crippen LogP contribution is -2.06. The summed E-state index contributed by atoms with van der Waals surface area (Å²) in [5.41, 5.74) is 20.9. The van der Waals surface area contributed by atoms with E-state index in [-0.39, 0.29) is 33.5 Å². The molecule has 0 radical (unpaired) electrons. The number of hydrogen-bond donors (Lipinski definition) is 0. The van der Waals surface area contributed by atoms with Crippen LogP contribution in [0.25, 0.3) is 60.8 Å². The van der Waals surface area contributed by atoms with E-state index in [9.17, 15) is 42.2 Å². The molecule has 10 rings (SSSR count). The third kappa shape index (κ3) is 50.3. The number of benzene rings is 10. The topological polar surface area (TPSA) is 110 Å². The summed E-state index contributed by atoms with van der Waals surface area (Å²) in [5.74, 6) is -0.433. The molecule has 120 heavy (non-hydrogen) atoms. The molecule has 0 spiro atoms. The number of nitrogens with zero attached hydrogens (tertiary/aromatic N) is 3. The second kappa shape index (κ2) is 58.2. The summed E-state index contributed by atoms with van der Waals surface area (Å²) < 4.78 is 63.4. The average Bonchev–Trinajstić information content (AvgIpc) is 0.830. The van der Waals surface area contributed by atoms with Crippen LogP contribution >= 0.6 is 69.6 Å². The largest absolute Gasteiger partial charge is 0.416 e. The maximum Gasteiger partial charge on any atom is 0.416 e. The van der Waals surface area contributed by atoms with Gasteiger partial charge in [0.15, 0.2) is 0 Å². The number of hydrogen-bond acceptors (Lipinski definition) is 5. The van der Waals surface area contributed by atoms with Gasteiger partial charge in [0, 0.05) is 50.5 Å². The summed E-state index contributed by atoms with van der Waals surface area (Å²) in [6.07, 6.45) is 15.1. The lowest BCUT2D eigenvalue weighted by atomic mass is 10.1. The first-order valence-electron chi connectivity index (χ1n) is 37.8. The van der Waals surface area contributed by atoms with Crippen molar-refractivity contribution in [3.8, 4) is 6.07 Å². The zero-order valence-electron chi connectivity index (χ0n) is 71.8. The van der Waals surface area contributed by atoms with Gasteiger partial charge in [0.2, 0.25) is 0 Å². The van der Waals surface area contributed by atoms with Crippen molar-refractivity contribution in [1.29, 1.82) is 5.26 Å². The average molecular weight is 1750 g/mol. The zero-order chi connectivity index (χ0) is 90.8. The van der Waals surface area contributed by atoms with E-state index in [0.29, 0.717) is 31.8 Å². The second-order valence-corrected chi connectivity index (χ2v) is 31.7. The zero-order valence-corrected chi connectivity index (χ0v) is 76.4. The number of allylic oxidation sites excluding steroid dienone is 10. The Balaban J connectivity index is 0.000000667. The summed E-state index contributed by atoms with van der Waals surface area (Å²) in [5, 5.41) is 33.3. The van der Waals surface area contributed by atoms with Crippen LogP contribution in [0, 0.1) is 43.2 Å². The van der Waals surface area contributed by atoms with Crippen molar-refractivity contribution in [2.75, 3.05) is 0 Å². The molecule has 0 saturated heterocycles. The van der Waals surface area contributed by atoms with Crippen LogP contribution < -0.4 is 0 Å². The van der Waals surface area contributed by atoms with Gasteiger partial charge < -0.3 is 0 Å². The Kier molecular flexibility index (Phi) is 52.1. The van der Waals surface area contributed by atoms with E-state index in [4.69, 9.17) is 74.9 Å². The smallest absolute Gasteiger partial charge is 0.258 e. The van der Waals surface area contributed by atoms with E-state index in [2.05, 4.69) is 91.8 Å². The molecule has 18 heteroatoms. The number of nitro benzene ring substituents is 2. The van der Waals surface area contributed by atoms with Crippen LogP contribution in [-0.2, 0) is 6.18 Å². The molecule has 632 valence electrons. The van der Waals surface area contributed by atoms with Gasteiger partial charge in [0.1, 0.15) is 11.6 Å². The first kappa shape index (κ1) is 107. The molecule has 7 nitrogen and oxygen atoms in total. The number of alkyl halides is 3. The molecule has 0 aliphatic heterocycles. The number of non-ortho nitro benzene ring substituents is 2. The molecule has 0 bridgehead atoms. The summed E-state index contributed by atoms with van der Waals surface area (Å²) >= 11 is 34.8. The van der Waals surface area contributed by atoms with E-state index >= 15 is 0 Å². The van der Waals surface area contributed by atoms with Gasteiger partial charge in [-0.2, -0.15) is 18.4 Å². The quantitative estimate of drug-likeness (QED) is 0.0687. The van der Waals surface area contributed by atoms with Crippen molar-refractivity contribution in [3.05, 3.63) is 415 Å². The minimum absolute atomic E-state index is 0.130. The molecule has 0 amide bonds. The fourth-order valence-corrected chi connectivity index (χ4v) is 10.8. The third-order valence-electron chi connectivity index (χ3n) is 14.5. The fourth-order valence-electron chi connectivity index (χ4n) is 9.77. The Morgan fingerprint density at radius 2 is 0.658 bits per heavy atom. The number of nitro groups is 2. The molecule has 0 atom stereocenters. The van der Waals surface area contributed by atoms with E-state index in [1.54, 1.807) is 80.6 Å². The first-order valence-corrected chi connectivity index (χ1v) is 40.1. The maximum absolute atomic E-state index is 13.1. The van der Waals surface area contributed by atoms with Gasteiger partial charge in [-0.25, -0.2) is 8.78 Å². The maximum atomic E-state index is 13.1. The highest BCUT2D eigenvalue weighted by molar-refractivity contribution is 6.42. The monoisotopic (exact) mass is 1740 g/mol. The van der Waals surface area contributed by atoms with E-state index < -0.39 is 16.7 Å². The fraction of sp³-hybridized carbons (Fsp3) is 0.206. The Labute approximate surface area is 739 Å². The van der Waals surface area contributed by atoms with Crippen molar-refractivity contribution in [3.63, 3.8) is 0 Å². The molecule has 0 aromatic heterocycles. The van der Waals surface area contributed by atoms with Gasteiger partial charge in [-0.1, -0.05) is 301 Å². The molecule has 10 aromatic rings. The van der Waals surface area contributed by atoms with Gasteiger partial charge >= 0.3 is 6.18 Å². The normalized spacial score (nSPS) is 9.58. The molecule has 0 unspecified atom stereocenters. The highest BCUT2D eigenvalue weighted by Crippen LogP contribution is 2.33. The molecule has 0 saturated carbocycles. The number of halogens is 11. The van der Waals surface area contributed by atoms with Gasteiger partial charge in [0.25, 0.3) is 11.4 Å². The summed E-state index contributed by atoms with van der Waals surface area (Å²) in [4.78, 5) is 20.0. The van der Waals surface area contributed by atoms with Gasteiger partial charge in [0.05, 0.1) is 42.1 Å². The van der Waals surface area contributed by atoms with Crippen LogP contribution in [0.2, 0.25) is 30.1 Å². The Hall–Kier alpha value is -10.7. The molecule has 0 N–H and O–H groups in total. The van der Waals surface area contributed by atoms with Crippen LogP contribution in [0.4, 0.5) is 33.3 Å². The minimum atomic E-state index is -4.28. The Bertz CT molecular complexity index is 5160. The van der Waals surface area contributed by atoms with Crippen LogP contribution in [0.1, 0.15) is 205 Å². The van der Waals surface area contributed by atoms with E-state index in [0.717, 1.165) is 76.8 Å². The Morgan fingerprint density at radius 1 is 0.308 bits per heavy atom. The summed E-state index contributed by atoms with van der Waals surface area (Å²) in [7, 11) is 0. The predicted molar refractivity (Wildman–Crippen MR) is 511 cm³/mol. The molecule has 10 aromatic carbocycles. The third-order valence-corrected chi connectivity index (χ3v) is 16.4. The first-order chi connectivity index (χ1) is 56.3. The molecule has 0 fully saturated rings. The lowest BCUT2D eigenvalue weighted by molar-refractivity contribution is -0.385. The van der Waals surface area contributed by atoms with E-state index in [1.807, 2.05) is 209 Å². The highest BCUT2D eigenvalue weighted by atomic mass is 35.5. The second-order valence-electron chi connectivity index (χ2n) is 29.2. The van der Waals surface area contributed by atoms with Gasteiger partial charge in [-0.05, 0) is 274 Å². The van der Waals surface area contributed by atoms with Crippen LogP contribution in [-0.4, -0.2) is 9.85 Å².